The van der Waals surface area contributed by atoms with Crippen molar-refractivity contribution in [1.29, 1.82) is 0 Å². The molecule has 0 amide bonds. The second kappa shape index (κ2) is 7.95. The molecule has 6 rings (SSSR count). The van der Waals surface area contributed by atoms with Crippen LogP contribution in [0.3, 0.4) is 0 Å². The molecule has 0 saturated carbocycles. The molecule has 174 valence electrons. The van der Waals surface area contributed by atoms with E-state index in [1.807, 2.05) is 31.9 Å². The number of nitrogens with zero attached hydrogens (tertiary/aromatic N) is 7. The number of aromatic nitrogens is 7. The van der Waals surface area contributed by atoms with E-state index in [0.29, 0.717) is 11.7 Å². The van der Waals surface area contributed by atoms with Crippen LogP contribution < -0.4 is 5.73 Å². The monoisotopic (exact) mass is 456 g/mol. The fourth-order valence-electron chi connectivity index (χ4n) is 5.56. The maximum absolute atomic E-state index is 6.54. The van der Waals surface area contributed by atoms with Crippen LogP contribution in [0.15, 0.2) is 42.6 Å². The lowest BCUT2D eigenvalue weighted by atomic mass is 9.86. The zero-order valence-corrected chi connectivity index (χ0v) is 19.6. The summed E-state index contributed by atoms with van der Waals surface area (Å²) in [6.45, 7) is 3.50. The van der Waals surface area contributed by atoms with Crippen molar-refractivity contribution in [2.24, 2.45) is 20.0 Å². The van der Waals surface area contributed by atoms with Gasteiger partial charge in [0, 0.05) is 39.1 Å². The Morgan fingerprint density at radius 2 is 1.82 bits per heavy atom. The van der Waals surface area contributed by atoms with Crippen LogP contribution in [0.5, 0.6) is 0 Å². The summed E-state index contributed by atoms with van der Waals surface area (Å²) in [5.74, 6) is 0.918. The summed E-state index contributed by atoms with van der Waals surface area (Å²) in [4.78, 5) is 4.93. The van der Waals surface area contributed by atoms with Crippen LogP contribution in [-0.2, 0) is 18.8 Å². The van der Waals surface area contributed by atoms with Crippen molar-refractivity contribution in [2.45, 2.75) is 25.8 Å². The average molecular weight is 457 g/mol. The van der Waals surface area contributed by atoms with Crippen molar-refractivity contribution in [3.8, 4) is 11.3 Å². The fraction of sp³-hybridized carbons (Fsp3) is 0.360. The average Bonchev–Trinajstić information content (AvgIpc) is 3.47. The van der Waals surface area contributed by atoms with Crippen LogP contribution in [0.2, 0.25) is 0 Å². The first-order valence-corrected chi connectivity index (χ1v) is 11.7. The number of ether oxygens (including phenoxy) is 1. The summed E-state index contributed by atoms with van der Waals surface area (Å²) in [5, 5.41) is 13.0. The van der Waals surface area contributed by atoms with Gasteiger partial charge in [-0.1, -0.05) is 35.5 Å². The molecule has 1 saturated heterocycles. The van der Waals surface area contributed by atoms with Crippen molar-refractivity contribution in [3.63, 3.8) is 0 Å². The van der Waals surface area contributed by atoms with Gasteiger partial charge in [0.25, 0.3) is 0 Å². The fourth-order valence-corrected chi connectivity index (χ4v) is 5.56. The summed E-state index contributed by atoms with van der Waals surface area (Å²) in [6, 6.07) is 13.0. The number of pyridine rings is 1. The highest BCUT2D eigenvalue weighted by Gasteiger charge is 2.32. The van der Waals surface area contributed by atoms with Crippen molar-refractivity contribution < 1.29 is 4.74 Å². The number of benzene rings is 1. The van der Waals surface area contributed by atoms with Crippen molar-refractivity contribution in [1.82, 2.24) is 34.3 Å². The number of nitrogen functional groups attached to an aromatic ring is 1. The molecule has 0 bridgehead atoms. The van der Waals surface area contributed by atoms with Crippen LogP contribution in [-0.4, -0.2) is 47.5 Å². The van der Waals surface area contributed by atoms with Crippen LogP contribution in [0, 0.1) is 12.8 Å². The predicted octanol–water partition coefficient (Wildman–Crippen LogP) is 3.63. The second-order valence-corrected chi connectivity index (χ2v) is 9.12. The lowest BCUT2D eigenvalue weighted by molar-refractivity contribution is 0.0553. The highest BCUT2D eigenvalue weighted by molar-refractivity contribution is 6.08. The molecule has 2 N–H and O–H groups in total. The van der Waals surface area contributed by atoms with E-state index >= 15 is 0 Å². The van der Waals surface area contributed by atoms with Crippen LogP contribution >= 0.6 is 0 Å². The zero-order chi connectivity index (χ0) is 23.4. The number of fused-ring (bicyclic) bond motifs is 3. The molecule has 4 aromatic heterocycles. The highest BCUT2D eigenvalue weighted by Crippen LogP contribution is 2.42. The van der Waals surface area contributed by atoms with E-state index in [1.54, 1.807) is 4.68 Å². The van der Waals surface area contributed by atoms with Crippen molar-refractivity contribution in [2.75, 3.05) is 18.9 Å². The van der Waals surface area contributed by atoms with E-state index in [9.17, 15) is 0 Å². The maximum Gasteiger partial charge on any atom is 0.170 e. The number of anilines is 1. The standard InChI is InChI=1S/C25H28N8O/c1-15-21(32(3)30-28-15)18-13-19-20(27-14-18)23-24(25(26)29-31(23)2)33(19)22(16-7-5-4-6-8-16)17-9-11-34-12-10-17/h4-8,13-14,17,22H,9-12H2,1-3H3,(H2,26,29). The van der Waals surface area contributed by atoms with Gasteiger partial charge in [0.2, 0.25) is 0 Å². The first-order valence-electron chi connectivity index (χ1n) is 11.7. The largest absolute Gasteiger partial charge is 0.381 e. The van der Waals surface area contributed by atoms with Crippen LogP contribution in [0.25, 0.3) is 33.3 Å². The smallest absolute Gasteiger partial charge is 0.170 e. The SMILES string of the molecule is Cc1nnn(C)c1-c1cnc2c3c(c(N)nn3C)n(C(c3ccccc3)C3CCOCC3)c2c1. The van der Waals surface area contributed by atoms with E-state index in [0.717, 1.165) is 65.1 Å². The van der Waals surface area contributed by atoms with Gasteiger partial charge in [-0.3, -0.25) is 9.67 Å². The first-order chi connectivity index (χ1) is 16.5. The Kier molecular flexibility index (Phi) is 4.88. The molecule has 1 unspecified atom stereocenters. The maximum atomic E-state index is 6.54. The molecule has 0 spiro atoms. The summed E-state index contributed by atoms with van der Waals surface area (Å²) in [5.41, 5.74) is 14.4. The Labute approximate surface area is 197 Å². The molecule has 1 aromatic carbocycles. The topological polar surface area (TPSA) is 102 Å². The molecule has 5 heterocycles. The number of hydrogen-bond donors (Lipinski definition) is 1. The third kappa shape index (κ3) is 3.11. The Morgan fingerprint density at radius 3 is 2.53 bits per heavy atom. The lowest BCUT2D eigenvalue weighted by Crippen LogP contribution is -2.27. The summed E-state index contributed by atoms with van der Waals surface area (Å²) >= 11 is 0. The molecular weight excluding hydrogens is 428 g/mol. The van der Waals surface area contributed by atoms with E-state index in [4.69, 9.17) is 15.5 Å². The number of hydrogen-bond acceptors (Lipinski definition) is 6. The first kappa shape index (κ1) is 20.9. The van der Waals surface area contributed by atoms with Crippen LogP contribution in [0.1, 0.15) is 30.1 Å². The molecule has 9 heteroatoms. The molecule has 1 aliphatic heterocycles. The van der Waals surface area contributed by atoms with Gasteiger partial charge in [-0.05, 0) is 37.3 Å². The quantitative estimate of drug-likeness (QED) is 0.443. The third-order valence-corrected chi connectivity index (χ3v) is 7.04. The van der Waals surface area contributed by atoms with E-state index in [1.165, 1.54) is 5.56 Å². The van der Waals surface area contributed by atoms with Gasteiger partial charge >= 0.3 is 0 Å². The normalized spacial score (nSPS) is 16.0. The summed E-state index contributed by atoms with van der Waals surface area (Å²) in [6.07, 6.45) is 3.87. The molecule has 0 aliphatic carbocycles. The summed E-state index contributed by atoms with van der Waals surface area (Å²) < 4.78 is 11.7. The Bertz CT molecular complexity index is 1470. The molecule has 1 fully saturated rings. The predicted molar refractivity (Wildman–Crippen MR) is 131 cm³/mol. The number of nitrogens with two attached hydrogens (primary N) is 1. The number of rotatable bonds is 4. The molecular formula is C25H28N8O. The second-order valence-electron chi connectivity index (χ2n) is 9.12. The Hall–Kier alpha value is -3.72. The minimum Gasteiger partial charge on any atom is -0.381 e. The van der Waals surface area contributed by atoms with Gasteiger partial charge in [0.05, 0.1) is 22.9 Å². The van der Waals surface area contributed by atoms with Crippen LogP contribution in [0.4, 0.5) is 5.82 Å². The van der Waals surface area contributed by atoms with Gasteiger partial charge in [-0.15, -0.1) is 5.10 Å². The zero-order valence-electron chi connectivity index (χ0n) is 19.6. The minimum atomic E-state index is 0.0828. The molecule has 1 atom stereocenters. The number of aryl methyl sites for hydroxylation is 3. The van der Waals surface area contributed by atoms with E-state index < -0.39 is 0 Å². The molecule has 9 nitrogen and oxygen atoms in total. The van der Waals surface area contributed by atoms with Gasteiger partial charge in [-0.2, -0.15) is 5.10 Å². The van der Waals surface area contributed by atoms with Gasteiger partial charge < -0.3 is 15.0 Å². The highest BCUT2D eigenvalue weighted by atomic mass is 16.5. The van der Waals surface area contributed by atoms with Gasteiger partial charge in [-0.25, -0.2) is 4.68 Å². The van der Waals surface area contributed by atoms with Crippen molar-refractivity contribution >= 4 is 27.9 Å². The van der Waals surface area contributed by atoms with Gasteiger partial charge in [0.1, 0.15) is 16.6 Å². The molecule has 5 aromatic rings. The van der Waals surface area contributed by atoms with Gasteiger partial charge in [0.15, 0.2) is 5.82 Å². The van der Waals surface area contributed by atoms with E-state index in [2.05, 4.69) is 56.4 Å². The Balaban J connectivity index is 1.69. The Morgan fingerprint density at radius 1 is 1.06 bits per heavy atom. The molecule has 1 aliphatic rings. The van der Waals surface area contributed by atoms with Crippen molar-refractivity contribution in [3.05, 3.63) is 53.9 Å². The lowest BCUT2D eigenvalue weighted by Gasteiger charge is -2.33. The van der Waals surface area contributed by atoms with E-state index in [-0.39, 0.29) is 6.04 Å². The minimum absolute atomic E-state index is 0.0828. The summed E-state index contributed by atoms with van der Waals surface area (Å²) in [7, 11) is 3.84. The third-order valence-electron chi connectivity index (χ3n) is 7.04. The molecule has 0 radical (unpaired) electrons. The molecule has 34 heavy (non-hydrogen) atoms.